The first-order chi connectivity index (χ1) is 24.0. The molecule has 4 amide bonds. The number of nitrogens with one attached hydrogen (secondary N) is 2. The molecule has 0 radical (unpaired) electrons. The van der Waals surface area contributed by atoms with Gasteiger partial charge < -0.3 is 24.0 Å². The van der Waals surface area contributed by atoms with Gasteiger partial charge in [-0.25, -0.2) is 14.2 Å². The lowest BCUT2D eigenvalue weighted by Gasteiger charge is -2.43. The van der Waals surface area contributed by atoms with E-state index in [0.717, 1.165) is 72.0 Å². The minimum atomic E-state index is -4.00. The molecule has 1 aromatic heterocycles. The number of urea groups is 1. The molecule has 2 saturated carbocycles. The van der Waals surface area contributed by atoms with Gasteiger partial charge in [-0.2, -0.15) is 8.42 Å². The molecule has 8 rings (SSSR count). The van der Waals surface area contributed by atoms with Crippen LogP contribution >= 0.6 is 0 Å². The molecule has 2 aromatic carbocycles. The maximum atomic E-state index is 15.2. The molecule has 3 aromatic rings. The largest absolute Gasteiger partial charge is 0.497 e. The summed E-state index contributed by atoms with van der Waals surface area (Å²) < 4.78 is 36.8. The van der Waals surface area contributed by atoms with Gasteiger partial charge in [0.15, 0.2) is 0 Å². The van der Waals surface area contributed by atoms with Gasteiger partial charge in [0.25, 0.3) is 5.91 Å². The molecule has 4 atom stereocenters. The molecular formula is C37H46N6O6S. The maximum Gasteiger partial charge on any atom is 0.319 e. The van der Waals surface area contributed by atoms with Crippen molar-refractivity contribution in [1.29, 1.82) is 0 Å². The lowest BCUT2D eigenvalue weighted by atomic mass is 9.81. The van der Waals surface area contributed by atoms with Crippen molar-refractivity contribution >= 4 is 39.0 Å². The summed E-state index contributed by atoms with van der Waals surface area (Å²) in [5.74, 6) is 0.486. The predicted molar refractivity (Wildman–Crippen MR) is 189 cm³/mol. The van der Waals surface area contributed by atoms with E-state index in [-0.39, 0.29) is 35.5 Å². The first-order valence-electron chi connectivity index (χ1n) is 17.9. The first-order valence-corrected chi connectivity index (χ1v) is 19.3. The van der Waals surface area contributed by atoms with Gasteiger partial charge in [0, 0.05) is 80.8 Å². The second-order valence-corrected chi connectivity index (χ2v) is 16.7. The van der Waals surface area contributed by atoms with Gasteiger partial charge in [0.1, 0.15) is 5.75 Å². The second kappa shape index (κ2) is 12.0. The molecule has 4 fully saturated rings. The van der Waals surface area contributed by atoms with Crippen molar-refractivity contribution in [3.63, 3.8) is 0 Å². The van der Waals surface area contributed by atoms with Crippen molar-refractivity contribution in [3.05, 3.63) is 53.1 Å². The molecule has 4 heterocycles. The highest BCUT2D eigenvalue weighted by atomic mass is 32.2. The number of benzene rings is 2. The smallest absolute Gasteiger partial charge is 0.319 e. The second-order valence-electron chi connectivity index (χ2n) is 15.1. The number of piperazine rings is 1. The van der Waals surface area contributed by atoms with Gasteiger partial charge in [-0.05, 0) is 79.5 Å². The molecule has 2 unspecified atom stereocenters. The number of nitrogens with zero attached hydrogens (tertiary/aromatic N) is 4. The number of likely N-dealkylation sites (tertiary alicyclic amines) is 1. The summed E-state index contributed by atoms with van der Waals surface area (Å²) in [6, 6.07) is 11.6. The summed E-state index contributed by atoms with van der Waals surface area (Å²) in [4.78, 5) is 47.0. The molecule has 5 aliphatic rings. The van der Waals surface area contributed by atoms with E-state index in [1.54, 1.807) is 38.2 Å². The fourth-order valence-corrected chi connectivity index (χ4v) is 10.0. The lowest BCUT2D eigenvalue weighted by Crippen LogP contribution is -2.60. The van der Waals surface area contributed by atoms with Gasteiger partial charge in [0.05, 0.1) is 18.2 Å². The van der Waals surface area contributed by atoms with Crippen molar-refractivity contribution in [1.82, 2.24) is 28.7 Å². The number of hydrogen-bond donors (Lipinski definition) is 2. The van der Waals surface area contributed by atoms with E-state index in [1.165, 1.54) is 19.0 Å². The van der Waals surface area contributed by atoms with Crippen LogP contribution in [-0.2, 0) is 21.5 Å². The van der Waals surface area contributed by atoms with Crippen LogP contribution in [0.4, 0.5) is 4.79 Å². The van der Waals surface area contributed by atoms with E-state index in [2.05, 4.69) is 31.0 Å². The van der Waals surface area contributed by atoms with E-state index < -0.39 is 21.5 Å². The summed E-state index contributed by atoms with van der Waals surface area (Å²) in [7, 11) is 2.45. The quantitative estimate of drug-likeness (QED) is 0.392. The predicted octanol–water partition coefficient (Wildman–Crippen LogP) is 4.40. The number of carbonyl (C=O) groups excluding carboxylic acids is 3. The Morgan fingerprint density at radius 2 is 1.68 bits per heavy atom. The van der Waals surface area contributed by atoms with E-state index in [9.17, 15) is 18.0 Å². The van der Waals surface area contributed by atoms with Gasteiger partial charge >= 0.3 is 16.2 Å². The minimum Gasteiger partial charge on any atom is -0.497 e. The van der Waals surface area contributed by atoms with Gasteiger partial charge in [-0.15, -0.1) is 0 Å². The highest BCUT2D eigenvalue weighted by molar-refractivity contribution is 7.88. The molecule has 2 bridgehead atoms. The number of rotatable bonds is 6. The molecule has 3 aliphatic heterocycles. The van der Waals surface area contributed by atoms with Crippen LogP contribution in [0.5, 0.6) is 5.75 Å². The Balaban J connectivity index is 1.28. The number of fused-ring (bicyclic) bond motifs is 9. The third-order valence-electron chi connectivity index (χ3n) is 12.1. The van der Waals surface area contributed by atoms with Crippen LogP contribution in [0.1, 0.15) is 84.7 Å². The molecule has 2 N–H and O–H groups in total. The summed E-state index contributed by atoms with van der Waals surface area (Å²) in [5, 5.41) is 1.04. The van der Waals surface area contributed by atoms with Crippen molar-refractivity contribution in [2.75, 3.05) is 41.3 Å². The minimum absolute atomic E-state index is 0.0117. The molecule has 50 heavy (non-hydrogen) atoms. The Kier molecular flexibility index (Phi) is 7.94. The SMILES string of the molecule is CNS(=O)(=O)NC(=O)c1ccc2c(C3CCCCC3)c3n(c2c1)CC1(C(=O)N2[C@@H]4CC[C@H]2CN(C(=O)N(C)C)C4)CC1c1cc(OC)ccc1-3. The fraction of sp³-hybridized carbons (Fsp3) is 0.541. The maximum absolute atomic E-state index is 15.2. The van der Waals surface area contributed by atoms with E-state index >= 15 is 4.79 Å². The van der Waals surface area contributed by atoms with Gasteiger partial charge in [-0.1, -0.05) is 25.3 Å². The number of amides is 4. The Morgan fingerprint density at radius 3 is 2.34 bits per heavy atom. The zero-order valence-corrected chi connectivity index (χ0v) is 30.0. The number of carbonyl (C=O) groups is 3. The lowest BCUT2D eigenvalue weighted by molar-refractivity contribution is -0.143. The van der Waals surface area contributed by atoms with Crippen LogP contribution in [0.2, 0.25) is 0 Å². The molecule has 2 saturated heterocycles. The van der Waals surface area contributed by atoms with Crippen LogP contribution in [0.3, 0.4) is 0 Å². The standard InChI is InChI=1S/C37H46N6O6S/c1-38-50(47,48)39-34(44)23-10-14-28-31(16-23)42-21-37(35(45)43-24-11-12-25(43)20-41(19-24)36(46)40(2)3)18-30(37)29-17-26(49-4)13-15-27(29)33(42)32(28)22-8-6-5-7-9-22/h10,13-17,22,24-25,30,38H,5-9,11-12,18-21H2,1-4H3,(H,39,44)/t24-,25+,30?,37?. The first kappa shape index (κ1) is 33.1. The molecule has 0 spiro atoms. The Morgan fingerprint density at radius 1 is 0.960 bits per heavy atom. The zero-order chi connectivity index (χ0) is 35.1. The van der Waals surface area contributed by atoms with Crippen molar-refractivity contribution in [2.45, 2.75) is 81.8 Å². The number of hydrogen-bond acceptors (Lipinski definition) is 6. The van der Waals surface area contributed by atoms with Crippen molar-refractivity contribution in [3.8, 4) is 17.0 Å². The number of methoxy groups -OCH3 is 1. The summed E-state index contributed by atoms with van der Waals surface area (Å²) in [5.41, 5.74) is 4.91. The zero-order valence-electron chi connectivity index (χ0n) is 29.2. The molecule has 2 aliphatic carbocycles. The number of aromatic nitrogens is 1. The van der Waals surface area contributed by atoms with Gasteiger partial charge in [0.2, 0.25) is 5.91 Å². The van der Waals surface area contributed by atoms with Crippen molar-refractivity contribution < 1.29 is 27.5 Å². The molecule has 266 valence electrons. The molecule has 13 heteroatoms. The highest BCUT2D eigenvalue weighted by Gasteiger charge is 2.65. The highest BCUT2D eigenvalue weighted by Crippen LogP contribution is 2.66. The van der Waals surface area contributed by atoms with Gasteiger partial charge in [-0.3, -0.25) is 9.59 Å². The Labute approximate surface area is 293 Å². The Bertz CT molecular complexity index is 2010. The van der Waals surface area contributed by atoms with Crippen LogP contribution in [0, 0.1) is 5.41 Å². The number of ether oxygens (including phenoxy) is 1. The fourth-order valence-electron chi connectivity index (χ4n) is 9.58. The summed E-state index contributed by atoms with van der Waals surface area (Å²) in [6.45, 7) is 1.51. The van der Waals surface area contributed by atoms with Crippen LogP contribution < -0.4 is 14.2 Å². The Hall–Kier alpha value is -4.10. The van der Waals surface area contributed by atoms with Crippen molar-refractivity contribution in [2.24, 2.45) is 5.41 Å². The van der Waals surface area contributed by atoms with Crippen LogP contribution in [0.15, 0.2) is 36.4 Å². The van der Waals surface area contributed by atoms with E-state index in [4.69, 9.17) is 4.74 Å². The summed E-state index contributed by atoms with van der Waals surface area (Å²) in [6.07, 6.45) is 8.06. The topological polar surface area (TPSA) is 133 Å². The monoisotopic (exact) mass is 702 g/mol. The van der Waals surface area contributed by atoms with Crippen LogP contribution in [-0.4, -0.2) is 99.0 Å². The average Bonchev–Trinajstić information content (AvgIpc) is 3.71. The van der Waals surface area contributed by atoms with E-state index in [0.29, 0.717) is 32.0 Å². The van der Waals surface area contributed by atoms with E-state index in [1.807, 2.05) is 17.0 Å². The third-order valence-corrected chi connectivity index (χ3v) is 13.1. The summed E-state index contributed by atoms with van der Waals surface area (Å²) >= 11 is 0. The normalized spacial score (nSPS) is 25.7. The molecular weight excluding hydrogens is 657 g/mol. The third kappa shape index (κ3) is 5.18. The van der Waals surface area contributed by atoms with Crippen LogP contribution in [0.25, 0.3) is 22.2 Å². The average molecular weight is 703 g/mol. The molecule has 12 nitrogen and oxygen atoms in total.